The Morgan fingerprint density at radius 2 is 1.69 bits per heavy atom. The van der Waals surface area contributed by atoms with E-state index in [4.69, 9.17) is 4.74 Å². The predicted molar refractivity (Wildman–Crippen MR) is 103 cm³/mol. The molecule has 0 saturated carbocycles. The molecular weight excluding hydrogens is 402 g/mol. The number of ether oxygens (including phenoxy) is 1. The van der Waals surface area contributed by atoms with E-state index >= 15 is 0 Å². The molecule has 0 saturated heterocycles. The van der Waals surface area contributed by atoms with Crippen LogP contribution >= 0.6 is 15.9 Å². The van der Waals surface area contributed by atoms with Crippen LogP contribution in [0.15, 0.2) is 28.7 Å². The molecule has 0 heterocycles. The molecule has 0 atom stereocenters. The summed E-state index contributed by atoms with van der Waals surface area (Å²) >= 11 is 3.39. The first kappa shape index (κ1) is 22.0. The van der Waals surface area contributed by atoms with Crippen molar-refractivity contribution in [2.45, 2.75) is 39.2 Å². The molecule has 7 nitrogen and oxygen atoms in total. The molecule has 0 aliphatic rings. The summed E-state index contributed by atoms with van der Waals surface area (Å²) < 4.78 is 6.01. The fourth-order valence-corrected chi connectivity index (χ4v) is 2.42. The number of nitrogens with one attached hydrogen (secondary N) is 3. The van der Waals surface area contributed by atoms with Crippen molar-refractivity contribution < 1.29 is 19.1 Å². The van der Waals surface area contributed by atoms with Crippen LogP contribution in [0.25, 0.3) is 0 Å². The van der Waals surface area contributed by atoms with Gasteiger partial charge in [-0.1, -0.05) is 28.1 Å². The van der Waals surface area contributed by atoms with Crippen LogP contribution in [0.3, 0.4) is 0 Å². The number of aryl methyl sites for hydroxylation is 1. The van der Waals surface area contributed by atoms with E-state index in [9.17, 15) is 14.4 Å². The van der Waals surface area contributed by atoms with Crippen LogP contribution < -0.4 is 16.0 Å². The van der Waals surface area contributed by atoms with Crippen LogP contribution in [-0.4, -0.2) is 43.1 Å². The molecule has 0 unspecified atom stereocenters. The molecule has 0 aliphatic heterocycles. The number of hydrogen-bond donors (Lipinski definition) is 3. The average Bonchev–Trinajstić information content (AvgIpc) is 2.53. The molecule has 0 aliphatic carbocycles. The summed E-state index contributed by atoms with van der Waals surface area (Å²) in [4.78, 5) is 34.8. The Balaban J connectivity index is 2.11. The highest BCUT2D eigenvalue weighted by molar-refractivity contribution is 9.10. The third-order valence-electron chi connectivity index (χ3n) is 3.09. The van der Waals surface area contributed by atoms with Gasteiger partial charge in [-0.3, -0.25) is 9.59 Å². The van der Waals surface area contributed by atoms with E-state index < -0.39 is 11.7 Å². The maximum atomic E-state index is 11.8. The van der Waals surface area contributed by atoms with Crippen molar-refractivity contribution in [3.8, 4) is 0 Å². The largest absolute Gasteiger partial charge is 0.444 e. The van der Waals surface area contributed by atoms with Gasteiger partial charge in [0.1, 0.15) is 5.60 Å². The summed E-state index contributed by atoms with van der Waals surface area (Å²) in [6.07, 6.45) is 0.385. The highest BCUT2D eigenvalue weighted by Gasteiger charge is 2.16. The van der Waals surface area contributed by atoms with E-state index in [1.807, 2.05) is 24.3 Å². The van der Waals surface area contributed by atoms with Crippen LogP contribution in [-0.2, 0) is 20.7 Å². The number of amides is 3. The first-order valence-electron chi connectivity index (χ1n) is 8.40. The Bertz CT molecular complexity index is 629. The molecule has 0 radical (unpaired) electrons. The van der Waals surface area contributed by atoms with Gasteiger partial charge in [0.2, 0.25) is 11.8 Å². The number of rotatable bonds is 8. The molecule has 3 N–H and O–H groups in total. The number of benzene rings is 1. The van der Waals surface area contributed by atoms with Crippen LogP contribution in [0.4, 0.5) is 4.79 Å². The normalized spacial score (nSPS) is 10.8. The van der Waals surface area contributed by atoms with E-state index in [0.29, 0.717) is 19.4 Å². The third-order valence-corrected chi connectivity index (χ3v) is 3.58. The molecule has 1 aromatic rings. The Morgan fingerprint density at radius 3 is 2.31 bits per heavy atom. The monoisotopic (exact) mass is 427 g/mol. The van der Waals surface area contributed by atoms with Gasteiger partial charge >= 0.3 is 6.09 Å². The summed E-state index contributed by atoms with van der Waals surface area (Å²) in [6, 6.07) is 7.81. The van der Waals surface area contributed by atoms with Gasteiger partial charge in [0, 0.05) is 24.0 Å². The highest BCUT2D eigenvalue weighted by Crippen LogP contribution is 2.12. The van der Waals surface area contributed by atoms with Crippen LogP contribution in [0.2, 0.25) is 0 Å². The average molecular weight is 428 g/mol. The van der Waals surface area contributed by atoms with Crippen molar-refractivity contribution in [3.63, 3.8) is 0 Å². The minimum absolute atomic E-state index is 0.0777. The number of carbonyl (C=O) groups excluding carboxylic acids is 3. The van der Waals surface area contributed by atoms with Crippen molar-refractivity contribution in [1.29, 1.82) is 0 Å². The van der Waals surface area contributed by atoms with Gasteiger partial charge in [-0.2, -0.15) is 0 Å². The number of carbonyl (C=O) groups is 3. The quantitative estimate of drug-likeness (QED) is 0.553. The molecule has 1 aromatic carbocycles. The van der Waals surface area contributed by atoms with Crippen molar-refractivity contribution in [1.82, 2.24) is 16.0 Å². The zero-order valence-electron chi connectivity index (χ0n) is 15.4. The number of alkyl carbamates (subject to hydrolysis) is 1. The molecule has 0 aromatic heterocycles. The minimum atomic E-state index is -0.645. The van der Waals surface area contributed by atoms with Gasteiger partial charge in [-0.05, 0) is 44.9 Å². The minimum Gasteiger partial charge on any atom is -0.444 e. The SMILES string of the molecule is CC(C)(C)OC(=O)NCC(=O)NCCNC(=O)CCc1cccc(Br)c1. The van der Waals surface area contributed by atoms with Crippen LogP contribution in [0.5, 0.6) is 0 Å². The molecular formula is C18H26BrN3O4. The number of hydrogen-bond acceptors (Lipinski definition) is 4. The predicted octanol–water partition coefficient (Wildman–Crippen LogP) is 2.14. The lowest BCUT2D eigenvalue weighted by molar-refractivity contribution is -0.122. The molecule has 1 rings (SSSR count). The van der Waals surface area contributed by atoms with E-state index in [1.165, 1.54) is 0 Å². The van der Waals surface area contributed by atoms with E-state index in [2.05, 4.69) is 31.9 Å². The van der Waals surface area contributed by atoms with E-state index in [0.717, 1.165) is 10.0 Å². The van der Waals surface area contributed by atoms with Crippen molar-refractivity contribution >= 4 is 33.8 Å². The van der Waals surface area contributed by atoms with Gasteiger partial charge in [-0.25, -0.2) is 4.79 Å². The third kappa shape index (κ3) is 10.7. The topological polar surface area (TPSA) is 96.5 Å². The molecule has 0 fully saturated rings. The highest BCUT2D eigenvalue weighted by atomic mass is 79.9. The second-order valence-electron chi connectivity index (χ2n) is 6.69. The van der Waals surface area contributed by atoms with E-state index in [-0.39, 0.29) is 24.9 Å². The van der Waals surface area contributed by atoms with Gasteiger partial charge in [0.25, 0.3) is 0 Å². The van der Waals surface area contributed by atoms with Crippen LogP contribution in [0, 0.1) is 0 Å². The number of halogens is 1. The lowest BCUT2D eigenvalue weighted by atomic mass is 10.1. The molecule has 8 heteroatoms. The van der Waals surface area contributed by atoms with Gasteiger partial charge in [0.15, 0.2) is 0 Å². The first-order chi connectivity index (χ1) is 12.2. The maximum absolute atomic E-state index is 11.8. The summed E-state index contributed by atoms with van der Waals surface area (Å²) in [6.45, 7) is 5.67. The Kier molecular flexibility index (Phi) is 9.12. The lowest BCUT2D eigenvalue weighted by Gasteiger charge is -2.19. The zero-order chi connectivity index (χ0) is 19.6. The van der Waals surface area contributed by atoms with Gasteiger partial charge < -0.3 is 20.7 Å². The maximum Gasteiger partial charge on any atom is 0.408 e. The van der Waals surface area contributed by atoms with Crippen molar-refractivity contribution in [2.75, 3.05) is 19.6 Å². The standard InChI is InChI=1S/C18H26BrN3O4/c1-18(2,3)26-17(25)22-12-16(24)21-10-9-20-15(23)8-7-13-5-4-6-14(19)11-13/h4-6,11H,7-10,12H2,1-3H3,(H,20,23)(H,21,24)(H,22,25). The summed E-state index contributed by atoms with van der Waals surface area (Å²) in [5.41, 5.74) is 0.469. The Labute approximate surface area is 162 Å². The van der Waals surface area contributed by atoms with E-state index in [1.54, 1.807) is 20.8 Å². The summed E-state index contributed by atoms with van der Waals surface area (Å²) in [5, 5.41) is 7.72. The fraction of sp³-hybridized carbons (Fsp3) is 0.500. The summed E-state index contributed by atoms with van der Waals surface area (Å²) in [5.74, 6) is -0.426. The smallest absolute Gasteiger partial charge is 0.408 e. The van der Waals surface area contributed by atoms with Gasteiger partial charge in [0.05, 0.1) is 6.54 Å². The molecule has 26 heavy (non-hydrogen) atoms. The van der Waals surface area contributed by atoms with Gasteiger partial charge in [-0.15, -0.1) is 0 Å². The molecule has 144 valence electrons. The first-order valence-corrected chi connectivity index (χ1v) is 9.20. The second-order valence-corrected chi connectivity index (χ2v) is 7.60. The second kappa shape index (κ2) is 10.8. The van der Waals surface area contributed by atoms with Crippen molar-refractivity contribution in [3.05, 3.63) is 34.3 Å². The van der Waals surface area contributed by atoms with Crippen molar-refractivity contribution in [2.24, 2.45) is 0 Å². The Hall–Kier alpha value is -2.09. The zero-order valence-corrected chi connectivity index (χ0v) is 16.9. The summed E-state index contributed by atoms with van der Waals surface area (Å²) in [7, 11) is 0. The Morgan fingerprint density at radius 1 is 1.04 bits per heavy atom. The lowest BCUT2D eigenvalue weighted by Crippen LogP contribution is -2.42. The fourth-order valence-electron chi connectivity index (χ4n) is 1.97. The molecule has 0 bridgehead atoms. The molecule has 3 amide bonds. The van der Waals surface area contributed by atoms with Crippen LogP contribution in [0.1, 0.15) is 32.8 Å². The molecule has 0 spiro atoms.